The molecule has 4 heteroatoms. The summed E-state index contributed by atoms with van der Waals surface area (Å²) < 4.78 is 0. The first-order chi connectivity index (χ1) is 8.47. The van der Waals surface area contributed by atoms with Crippen LogP contribution in [0.4, 0.5) is 0 Å². The van der Waals surface area contributed by atoms with Gasteiger partial charge >= 0.3 is 5.97 Å². The van der Waals surface area contributed by atoms with Gasteiger partial charge in [0.25, 0.3) is 0 Å². The van der Waals surface area contributed by atoms with Crippen LogP contribution in [0, 0.1) is 0 Å². The third-order valence-corrected chi connectivity index (χ3v) is 3.52. The van der Waals surface area contributed by atoms with E-state index in [1.165, 1.54) is 11.1 Å². The van der Waals surface area contributed by atoms with Crippen molar-refractivity contribution in [2.45, 2.75) is 45.4 Å². The van der Waals surface area contributed by atoms with Crippen LogP contribution >= 0.6 is 0 Å². The number of benzene rings is 1. The number of nitrogens with two attached hydrogens (primary N) is 1. The van der Waals surface area contributed by atoms with Crippen LogP contribution < -0.4 is 5.73 Å². The van der Waals surface area contributed by atoms with Gasteiger partial charge in [-0.15, -0.1) is 0 Å². The third kappa shape index (κ3) is 2.71. The van der Waals surface area contributed by atoms with Crippen molar-refractivity contribution in [3.63, 3.8) is 0 Å². The number of hydrogen-bond acceptors (Lipinski definition) is 3. The molecule has 0 aromatic heterocycles. The molecule has 1 aromatic carbocycles. The van der Waals surface area contributed by atoms with E-state index in [0.717, 1.165) is 18.7 Å². The van der Waals surface area contributed by atoms with E-state index < -0.39 is 12.0 Å². The first kappa shape index (κ1) is 13.1. The maximum absolute atomic E-state index is 10.7. The predicted octanol–water partition coefficient (Wildman–Crippen LogP) is 1.36. The average molecular weight is 248 g/mol. The van der Waals surface area contributed by atoms with Gasteiger partial charge in [-0.25, -0.2) is 0 Å². The van der Waals surface area contributed by atoms with Crippen LogP contribution in [0.3, 0.4) is 0 Å². The molecule has 1 aromatic rings. The van der Waals surface area contributed by atoms with Crippen LogP contribution in [0.15, 0.2) is 18.2 Å². The highest BCUT2D eigenvalue weighted by molar-refractivity contribution is 5.73. The average Bonchev–Trinajstić information content (AvgIpc) is 2.71. The fourth-order valence-electron chi connectivity index (χ4n) is 2.31. The Kier molecular flexibility index (Phi) is 3.68. The molecule has 1 heterocycles. The molecular formula is C14H20N2O2. The summed E-state index contributed by atoms with van der Waals surface area (Å²) in [5.41, 5.74) is 9.22. The second kappa shape index (κ2) is 5.08. The van der Waals surface area contributed by atoms with Crippen molar-refractivity contribution in [3.05, 3.63) is 34.9 Å². The molecule has 0 spiro atoms. The molecule has 0 radical (unpaired) electrons. The minimum atomic E-state index is -0.945. The van der Waals surface area contributed by atoms with Crippen LogP contribution in [-0.4, -0.2) is 28.1 Å². The zero-order chi connectivity index (χ0) is 13.3. The number of fused-ring (bicyclic) bond motifs is 1. The normalized spacial score (nSPS) is 16.9. The molecule has 0 saturated carbocycles. The zero-order valence-electron chi connectivity index (χ0n) is 10.9. The summed E-state index contributed by atoms with van der Waals surface area (Å²) in [5, 5.41) is 8.82. The Balaban J connectivity index is 2.11. The van der Waals surface area contributed by atoms with E-state index in [2.05, 4.69) is 30.9 Å². The lowest BCUT2D eigenvalue weighted by atomic mass is 10.0. The van der Waals surface area contributed by atoms with Crippen molar-refractivity contribution < 1.29 is 9.90 Å². The van der Waals surface area contributed by atoms with Gasteiger partial charge in [-0.05, 0) is 37.0 Å². The van der Waals surface area contributed by atoms with Gasteiger partial charge in [0.2, 0.25) is 0 Å². The maximum atomic E-state index is 10.7. The molecule has 1 atom stereocenters. The molecular weight excluding hydrogens is 228 g/mol. The van der Waals surface area contributed by atoms with Crippen molar-refractivity contribution in [1.82, 2.24) is 4.90 Å². The molecule has 1 unspecified atom stereocenters. The van der Waals surface area contributed by atoms with Gasteiger partial charge < -0.3 is 10.8 Å². The summed E-state index contributed by atoms with van der Waals surface area (Å²) >= 11 is 0. The van der Waals surface area contributed by atoms with Crippen LogP contribution in [0.1, 0.15) is 30.5 Å². The van der Waals surface area contributed by atoms with Crippen LogP contribution in [0.2, 0.25) is 0 Å². The number of hydrogen-bond donors (Lipinski definition) is 2. The topological polar surface area (TPSA) is 66.6 Å². The quantitative estimate of drug-likeness (QED) is 0.844. The monoisotopic (exact) mass is 248 g/mol. The lowest BCUT2D eigenvalue weighted by Crippen LogP contribution is -2.32. The molecule has 2 rings (SSSR count). The van der Waals surface area contributed by atoms with E-state index in [0.29, 0.717) is 12.5 Å². The minimum Gasteiger partial charge on any atom is -0.480 e. The maximum Gasteiger partial charge on any atom is 0.320 e. The molecule has 0 fully saturated rings. The highest BCUT2D eigenvalue weighted by Gasteiger charge is 2.21. The summed E-state index contributed by atoms with van der Waals surface area (Å²) in [6.07, 6.45) is 0.393. The van der Waals surface area contributed by atoms with Crippen LogP contribution in [0.5, 0.6) is 0 Å². The number of carbonyl (C=O) groups is 1. The molecule has 4 nitrogen and oxygen atoms in total. The molecule has 0 aliphatic carbocycles. The second-order valence-electron chi connectivity index (χ2n) is 5.25. The fraction of sp³-hybridized carbons (Fsp3) is 0.500. The number of nitrogens with zero attached hydrogens (tertiary/aromatic N) is 1. The Morgan fingerprint density at radius 3 is 2.67 bits per heavy atom. The van der Waals surface area contributed by atoms with Gasteiger partial charge in [0.1, 0.15) is 6.04 Å². The molecule has 1 aliphatic heterocycles. The predicted molar refractivity (Wildman–Crippen MR) is 70.1 cm³/mol. The fourth-order valence-corrected chi connectivity index (χ4v) is 2.31. The number of aliphatic carboxylic acids is 1. The summed E-state index contributed by atoms with van der Waals surface area (Å²) in [7, 11) is 0. The summed E-state index contributed by atoms with van der Waals surface area (Å²) in [4.78, 5) is 13.1. The van der Waals surface area contributed by atoms with Gasteiger partial charge in [-0.1, -0.05) is 18.2 Å². The lowest BCUT2D eigenvalue weighted by Gasteiger charge is -2.18. The second-order valence-corrected chi connectivity index (χ2v) is 5.25. The molecule has 3 N–H and O–H groups in total. The molecule has 0 bridgehead atoms. The lowest BCUT2D eigenvalue weighted by molar-refractivity contribution is -0.138. The molecule has 0 amide bonds. The summed E-state index contributed by atoms with van der Waals surface area (Å²) in [5.74, 6) is -0.945. The molecule has 98 valence electrons. The van der Waals surface area contributed by atoms with Crippen molar-refractivity contribution in [3.8, 4) is 0 Å². The Morgan fingerprint density at radius 1 is 1.39 bits per heavy atom. The summed E-state index contributed by atoms with van der Waals surface area (Å²) in [6.45, 7) is 6.31. The van der Waals surface area contributed by atoms with E-state index in [9.17, 15) is 4.79 Å². The van der Waals surface area contributed by atoms with Crippen molar-refractivity contribution in [2.24, 2.45) is 5.73 Å². The van der Waals surface area contributed by atoms with Crippen molar-refractivity contribution in [2.75, 3.05) is 0 Å². The van der Waals surface area contributed by atoms with Gasteiger partial charge in [0, 0.05) is 19.1 Å². The minimum absolute atomic E-state index is 0.393. The zero-order valence-corrected chi connectivity index (χ0v) is 10.9. The highest BCUT2D eigenvalue weighted by Crippen LogP contribution is 2.25. The standard InChI is InChI=1S/C14H20N2O2/c1-9(2)16-7-11-4-3-10(5-12(11)8-16)6-13(15)14(17)18/h3-5,9,13H,6-8,15H2,1-2H3,(H,17,18). The van der Waals surface area contributed by atoms with E-state index in [1.54, 1.807) is 0 Å². The van der Waals surface area contributed by atoms with Gasteiger partial charge in [0.05, 0.1) is 0 Å². The Hall–Kier alpha value is -1.39. The van der Waals surface area contributed by atoms with E-state index in [1.807, 2.05) is 6.07 Å². The van der Waals surface area contributed by atoms with Crippen molar-refractivity contribution >= 4 is 5.97 Å². The van der Waals surface area contributed by atoms with E-state index >= 15 is 0 Å². The van der Waals surface area contributed by atoms with Gasteiger partial charge in [-0.2, -0.15) is 0 Å². The van der Waals surface area contributed by atoms with Crippen molar-refractivity contribution in [1.29, 1.82) is 0 Å². The molecule has 0 saturated heterocycles. The first-order valence-corrected chi connectivity index (χ1v) is 6.30. The Labute approximate surface area is 107 Å². The molecule has 18 heavy (non-hydrogen) atoms. The number of carboxylic acid groups (broad SMARTS) is 1. The first-order valence-electron chi connectivity index (χ1n) is 6.30. The van der Waals surface area contributed by atoms with Gasteiger partial charge in [0.15, 0.2) is 0 Å². The summed E-state index contributed by atoms with van der Waals surface area (Å²) in [6, 6.07) is 5.90. The third-order valence-electron chi connectivity index (χ3n) is 3.52. The Morgan fingerprint density at radius 2 is 2.06 bits per heavy atom. The highest BCUT2D eigenvalue weighted by atomic mass is 16.4. The van der Waals surface area contributed by atoms with Crippen LogP contribution in [0.25, 0.3) is 0 Å². The van der Waals surface area contributed by atoms with E-state index in [-0.39, 0.29) is 0 Å². The Bertz CT molecular complexity index is 457. The van der Waals surface area contributed by atoms with Crippen LogP contribution in [-0.2, 0) is 24.3 Å². The number of carboxylic acids is 1. The number of rotatable bonds is 4. The van der Waals surface area contributed by atoms with Gasteiger partial charge in [-0.3, -0.25) is 9.69 Å². The smallest absolute Gasteiger partial charge is 0.320 e. The van der Waals surface area contributed by atoms with E-state index in [4.69, 9.17) is 10.8 Å². The SMILES string of the molecule is CC(C)N1Cc2ccc(CC(N)C(=O)O)cc2C1. The molecule has 1 aliphatic rings. The largest absolute Gasteiger partial charge is 0.480 e.